The van der Waals surface area contributed by atoms with Crippen LogP contribution in [0, 0.1) is 5.41 Å². The lowest BCUT2D eigenvalue weighted by atomic mass is 9.80. The Bertz CT molecular complexity index is 377. The van der Waals surface area contributed by atoms with E-state index in [0.717, 1.165) is 12.0 Å². The molecule has 1 aromatic rings. The molecule has 16 heavy (non-hydrogen) atoms. The van der Waals surface area contributed by atoms with Gasteiger partial charge < -0.3 is 9.84 Å². The highest BCUT2D eigenvalue weighted by atomic mass is 16.5. The molecule has 1 heterocycles. The predicted molar refractivity (Wildman–Crippen MR) is 60.4 cm³/mol. The summed E-state index contributed by atoms with van der Waals surface area (Å²) in [6.07, 6.45) is 1.57. The van der Waals surface area contributed by atoms with Crippen LogP contribution >= 0.6 is 0 Å². The molecular weight excluding hydrogens is 204 g/mol. The highest BCUT2D eigenvalue weighted by molar-refractivity contribution is 5.76. The first kappa shape index (κ1) is 11.1. The van der Waals surface area contributed by atoms with Gasteiger partial charge in [-0.2, -0.15) is 0 Å². The van der Waals surface area contributed by atoms with Gasteiger partial charge in [0.05, 0.1) is 13.2 Å². The van der Waals surface area contributed by atoms with Crippen molar-refractivity contribution in [2.45, 2.75) is 19.8 Å². The Balaban J connectivity index is 2.10. The fraction of sp³-hybridized carbons (Fsp3) is 0.462. The molecule has 3 heteroatoms. The van der Waals surface area contributed by atoms with Crippen LogP contribution in [-0.4, -0.2) is 24.3 Å². The molecule has 0 spiro atoms. The first-order valence-electron chi connectivity index (χ1n) is 5.55. The van der Waals surface area contributed by atoms with E-state index < -0.39 is 11.4 Å². The molecule has 1 N–H and O–H groups in total. The topological polar surface area (TPSA) is 46.5 Å². The number of carbonyl (C=O) groups is 1. The van der Waals surface area contributed by atoms with E-state index in [2.05, 4.69) is 19.1 Å². The Morgan fingerprint density at radius 3 is 2.25 bits per heavy atom. The van der Waals surface area contributed by atoms with Crippen LogP contribution in [0.15, 0.2) is 24.3 Å². The van der Waals surface area contributed by atoms with E-state index in [1.165, 1.54) is 5.56 Å². The first-order valence-corrected chi connectivity index (χ1v) is 5.55. The number of rotatable bonds is 4. The fourth-order valence-electron chi connectivity index (χ4n) is 1.93. The average Bonchev–Trinajstić information content (AvgIpc) is 2.24. The van der Waals surface area contributed by atoms with E-state index in [1.807, 2.05) is 12.1 Å². The smallest absolute Gasteiger partial charge is 0.314 e. The van der Waals surface area contributed by atoms with Gasteiger partial charge in [-0.05, 0) is 24.0 Å². The lowest BCUT2D eigenvalue weighted by Gasteiger charge is -2.37. The van der Waals surface area contributed by atoms with Crippen LogP contribution in [0.25, 0.3) is 0 Å². The quantitative estimate of drug-likeness (QED) is 0.842. The number of aryl methyl sites for hydroxylation is 1. The van der Waals surface area contributed by atoms with Crippen molar-refractivity contribution in [2.75, 3.05) is 13.2 Å². The third-order valence-electron chi connectivity index (χ3n) is 3.18. The van der Waals surface area contributed by atoms with Crippen molar-refractivity contribution >= 4 is 5.97 Å². The third kappa shape index (κ3) is 1.95. The molecule has 1 aromatic carbocycles. The maximum atomic E-state index is 11.2. The van der Waals surface area contributed by atoms with Gasteiger partial charge in [0.25, 0.3) is 0 Å². The summed E-state index contributed by atoms with van der Waals surface area (Å²) >= 11 is 0. The number of hydrogen-bond acceptors (Lipinski definition) is 2. The van der Waals surface area contributed by atoms with E-state index >= 15 is 0 Å². The van der Waals surface area contributed by atoms with Crippen molar-refractivity contribution in [3.63, 3.8) is 0 Å². The minimum absolute atomic E-state index is 0.331. The maximum absolute atomic E-state index is 11.2. The standard InChI is InChI=1S/C13H16O3/c1-2-10-3-5-11(6-4-10)7-13(12(14)15)8-16-9-13/h3-6H,2,7-9H2,1H3,(H,14,15). The van der Waals surface area contributed by atoms with Gasteiger partial charge in [-0.1, -0.05) is 31.2 Å². The zero-order valence-corrected chi connectivity index (χ0v) is 9.40. The second-order valence-electron chi connectivity index (χ2n) is 4.43. The van der Waals surface area contributed by atoms with Crippen LogP contribution in [0.5, 0.6) is 0 Å². The van der Waals surface area contributed by atoms with Crippen molar-refractivity contribution in [3.8, 4) is 0 Å². The number of aliphatic carboxylic acids is 1. The summed E-state index contributed by atoms with van der Waals surface area (Å²) in [5, 5.41) is 9.17. The van der Waals surface area contributed by atoms with Gasteiger partial charge >= 0.3 is 5.97 Å². The van der Waals surface area contributed by atoms with Gasteiger partial charge in [-0.15, -0.1) is 0 Å². The largest absolute Gasteiger partial charge is 0.481 e. The highest BCUT2D eigenvalue weighted by Gasteiger charge is 2.46. The summed E-state index contributed by atoms with van der Waals surface area (Å²) < 4.78 is 5.04. The van der Waals surface area contributed by atoms with Crippen LogP contribution in [0.3, 0.4) is 0 Å². The molecule has 0 aromatic heterocycles. The molecule has 0 radical (unpaired) electrons. The highest BCUT2D eigenvalue weighted by Crippen LogP contribution is 2.32. The minimum atomic E-state index is -0.752. The van der Waals surface area contributed by atoms with Gasteiger partial charge in [0, 0.05) is 0 Å². The van der Waals surface area contributed by atoms with E-state index in [0.29, 0.717) is 19.6 Å². The molecule has 1 fully saturated rings. The molecule has 0 unspecified atom stereocenters. The van der Waals surface area contributed by atoms with Crippen LogP contribution in [0.1, 0.15) is 18.1 Å². The Morgan fingerprint density at radius 1 is 1.31 bits per heavy atom. The van der Waals surface area contributed by atoms with Crippen LogP contribution in [0.2, 0.25) is 0 Å². The summed E-state index contributed by atoms with van der Waals surface area (Å²) in [5.74, 6) is -0.752. The van der Waals surface area contributed by atoms with Crippen molar-refractivity contribution < 1.29 is 14.6 Å². The zero-order chi connectivity index (χ0) is 11.6. The van der Waals surface area contributed by atoms with Gasteiger partial charge in [-0.25, -0.2) is 0 Å². The summed E-state index contributed by atoms with van der Waals surface area (Å²) in [7, 11) is 0. The summed E-state index contributed by atoms with van der Waals surface area (Å²) in [6, 6.07) is 8.15. The van der Waals surface area contributed by atoms with Crippen LogP contribution < -0.4 is 0 Å². The Morgan fingerprint density at radius 2 is 1.88 bits per heavy atom. The van der Waals surface area contributed by atoms with Crippen molar-refractivity contribution in [2.24, 2.45) is 5.41 Å². The van der Waals surface area contributed by atoms with E-state index in [9.17, 15) is 4.79 Å². The van der Waals surface area contributed by atoms with Gasteiger partial charge in [0.1, 0.15) is 5.41 Å². The third-order valence-corrected chi connectivity index (χ3v) is 3.18. The normalized spacial score (nSPS) is 17.8. The van der Waals surface area contributed by atoms with E-state index in [4.69, 9.17) is 9.84 Å². The first-order chi connectivity index (χ1) is 7.66. The van der Waals surface area contributed by atoms with Crippen molar-refractivity contribution in [1.82, 2.24) is 0 Å². The van der Waals surface area contributed by atoms with Crippen LogP contribution in [-0.2, 0) is 22.4 Å². The zero-order valence-electron chi connectivity index (χ0n) is 9.40. The second-order valence-corrected chi connectivity index (χ2v) is 4.43. The number of carboxylic acids is 1. The number of carboxylic acid groups (broad SMARTS) is 1. The molecule has 2 rings (SSSR count). The SMILES string of the molecule is CCc1ccc(CC2(C(=O)O)COC2)cc1. The van der Waals surface area contributed by atoms with Gasteiger partial charge in [-0.3, -0.25) is 4.79 Å². The molecule has 0 amide bonds. The minimum Gasteiger partial charge on any atom is -0.481 e. The van der Waals surface area contributed by atoms with E-state index in [1.54, 1.807) is 0 Å². The predicted octanol–water partition coefficient (Wildman–Crippen LogP) is 1.89. The number of benzene rings is 1. The van der Waals surface area contributed by atoms with Crippen molar-refractivity contribution in [3.05, 3.63) is 35.4 Å². The summed E-state index contributed by atoms with van der Waals surface area (Å²) in [4.78, 5) is 11.2. The van der Waals surface area contributed by atoms with Crippen molar-refractivity contribution in [1.29, 1.82) is 0 Å². The molecule has 0 bridgehead atoms. The molecule has 0 aliphatic carbocycles. The molecule has 0 atom stereocenters. The Kier molecular flexibility index (Phi) is 2.97. The summed E-state index contributed by atoms with van der Waals surface area (Å²) in [5.41, 5.74) is 1.66. The lowest BCUT2D eigenvalue weighted by molar-refractivity contribution is -0.179. The summed E-state index contributed by atoms with van der Waals surface area (Å²) in [6.45, 7) is 2.77. The molecule has 3 nitrogen and oxygen atoms in total. The molecule has 0 saturated carbocycles. The average molecular weight is 220 g/mol. The van der Waals surface area contributed by atoms with Crippen LogP contribution in [0.4, 0.5) is 0 Å². The second kappa shape index (κ2) is 4.26. The Hall–Kier alpha value is -1.35. The van der Waals surface area contributed by atoms with Gasteiger partial charge in [0.2, 0.25) is 0 Å². The Labute approximate surface area is 95.0 Å². The number of hydrogen-bond donors (Lipinski definition) is 1. The molecule has 1 aliphatic rings. The molecule has 1 saturated heterocycles. The monoisotopic (exact) mass is 220 g/mol. The number of ether oxygens (including phenoxy) is 1. The molecular formula is C13H16O3. The molecule has 1 aliphatic heterocycles. The maximum Gasteiger partial charge on any atom is 0.314 e. The fourth-order valence-corrected chi connectivity index (χ4v) is 1.93. The lowest BCUT2D eigenvalue weighted by Crippen LogP contribution is -2.50. The molecule has 86 valence electrons. The van der Waals surface area contributed by atoms with E-state index in [-0.39, 0.29) is 0 Å². The van der Waals surface area contributed by atoms with Gasteiger partial charge in [0.15, 0.2) is 0 Å².